The third-order valence-electron chi connectivity index (χ3n) is 8.02. The second kappa shape index (κ2) is 17.9. The summed E-state index contributed by atoms with van der Waals surface area (Å²) in [5.74, 6) is -0.612. The zero-order valence-electron chi connectivity index (χ0n) is 27.6. The Labute approximate surface area is 282 Å². The quantitative estimate of drug-likeness (QED) is 0.138. The van der Waals surface area contributed by atoms with Crippen LogP contribution in [0.5, 0.6) is 0 Å². The van der Waals surface area contributed by atoms with Gasteiger partial charge in [0.05, 0.1) is 11.9 Å². The van der Waals surface area contributed by atoms with Crippen LogP contribution in [0.25, 0.3) is 11.1 Å². The predicted molar refractivity (Wildman–Crippen MR) is 190 cm³/mol. The topological polar surface area (TPSA) is 91.8 Å². The van der Waals surface area contributed by atoms with Crippen molar-refractivity contribution in [3.05, 3.63) is 120 Å². The number of nitrogens with zero attached hydrogens (tertiary/aromatic N) is 3. The number of carbonyl (C=O) groups excluding carboxylic acids is 3. The van der Waals surface area contributed by atoms with E-state index in [1.807, 2.05) is 100.0 Å². The summed E-state index contributed by atoms with van der Waals surface area (Å²) in [6, 6.07) is 27.2. The molecule has 1 atom stereocenters. The van der Waals surface area contributed by atoms with Crippen LogP contribution in [0.2, 0.25) is 0 Å². The number of nitrogens with one attached hydrogen (secondary N) is 1. The molecule has 4 aromatic rings. The van der Waals surface area contributed by atoms with Crippen LogP contribution in [-0.4, -0.2) is 65.4 Å². The lowest BCUT2D eigenvalue weighted by molar-refractivity contribution is -0.153. The van der Waals surface area contributed by atoms with E-state index in [1.54, 1.807) is 22.9 Å². The Kier molecular flexibility index (Phi) is 13.4. The lowest BCUT2D eigenvalue weighted by atomic mass is 9.93. The van der Waals surface area contributed by atoms with Gasteiger partial charge in [0.25, 0.3) is 11.8 Å². The van der Waals surface area contributed by atoms with Gasteiger partial charge in [-0.25, -0.2) is 4.79 Å². The number of pyridine rings is 1. The van der Waals surface area contributed by atoms with E-state index >= 15 is 0 Å². The number of amides is 2. The number of aryl methyl sites for hydroxylation is 1. The van der Waals surface area contributed by atoms with E-state index in [9.17, 15) is 14.4 Å². The van der Waals surface area contributed by atoms with Gasteiger partial charge >= 0.3 is 5.97 Å². The summed E-state index contributed by atoms with van der Waals surface area (Å²) >= 11 is 1.57. The molecule has 0 bridgehead atoms. The molecule has 3 aromatic carbocycles. The number of rotatable bonds is 16. The average molecular weight is 653 g/mol. The average Bonchev–Trinajstić information content (AvgIpc) is 3.10. The number of hydrogen-bond donors (Lipinski definition) is 1. The Balaban J connectivity index is 1.63. The first-order valence-corrected chi connectivity index (χ1v) is 17.4. The van der Waals surface area contributed by atoms with Gasteiger partial charge in [-0.2, -0.15) is 11.8 Å². The number of ether oxygens (including phenoxy) is 1. The fraction of sp³-hybridized carbons (Fsp3) is 0.316. The van der Waals surface area contributed by atoms with Crippen molar-refractivity contribution in [3.8, 4) is 11.1 Å². The van der Waals surface area contributed by atoms with Gasteiger partial charge in [-0.3, -0.25) is 14.6 Å². The minimum atomic E-state index is -0.893. The third-order valence-corrected chi connectivity index (χ3v) is 8.66. The van der Waals surface area contributed by atoms with Crippen molar-refractivity contribution in [2.24, 2.45) is 0 Å². The fourth-order valence-corrected chi connectivity index (χ4v) is 5.88. The summed E-state index contributed by atoms with van der Waals surface area (Å²) in [4.78, 5) is 47.8. The molecule has 0 aliphatic rings. The zero-order valence-corrected chi connectivity index (χ0v) is 28.5. The molecule has 0 unspecified atom stereocenters. The van der Waals surface area contributed by atoms with Crippen molar-refractivity contribution >= 4 is 35.2 Å². The van der Waals surface area contributed by atoms with Crippen LogP contribution >= 0.6 is 11.8 Å². The maximum Gasteiger partial charge on any atom is 0.329 e. The van der Waals surface area contributed by atoms with Gasteiger partial charge in [-0.1, -0.05) is 60.7 Å². The smallest absolute Gasteiger partial charge is 0.329 e. The molecule has 0 radical (unpaired) electrons. The normalized spacial score (nSPS) is 11.4. The maximum atomic E-state index is 13.9. The van der Waals surface area contributed by atoms with E-state index in [4.69, 9.17) is 4.74 Å². The van der Waals surface area contributed by atoms with Gasteiger partial charge in [-0.15, -0.1) is 0 Å². The molecule has 1 heterocycles. The second-order valence-corrected chi connectivity index (χ2v) is 12.2. The van der Waals surface area contributed by atoms with Crippen LogP contribution in [0.3, 0.4) is 0 Å². The first kappa shape index (κ1) is 35.2. The van der Waals surface area contributed by atoms with E-state index in [0.717, 1.165) is 27.9 Å². The largest absolute Gasteiger partial charge is 0.454 e. The van der Waals surface area contributed by atoms with Gasteiger partial charge in [0.15, 0.2) is 6.61 Å². The SMILES string of the molecule is CCN(CC)C(=O)COC(=O)[C@H](CCSC)NC(=O)c1ccc(CN(Cc2ccccc2)c2cccnc2)cc1-c1ccccc1C. The van der Waals surface area contributed by atoms with Gasteiger partial charge in [0.2, 0.25) is 0 Å². The first-order valence-electron chi connectivity index (χ1n) is 16.0. The van der Waals surface area contributed by atoms with Crippen molar-refractivity contribution in [1.82, 2.24) is 15.2 Å². The molecule has 0 aliphatic heterocycles. The van der Waals surface area contributed by atoms with Gasteiger partial charge in [0, 0.05) is 37.9 Å². The monoisotopic (exact) mass is 652 g/mol. The first-order chi connectivity index (χ1) is 22.8. The molecule has 246 valence electrons. The van der Waals surface area contributed by atoms with Crippen molar-refractivity contribution in [2.45, 2.75) is 46.3 Å². The fourth-order valence-electron chi connectivity index (χ4n) is 5.41. The highest BCUT2D eigenvalue weighted by molar-refractivity contribution is 7.98. The second-order valence-electron chi connectivity index (χ2n) is 11.2. The van der Waals surface area contributed by atoms with Gasteiger partial charge in [-0.05, 0) is 91.3 Å². The lowest BCUT2D eigenvalue weighted by Crippen LogP contribution is -2.44. The molecule has 0 saturated heterocycles. The number of esters is 1. The molecule has 4 rings (SSSR count). The maximum absolute atomic E-state index is 13.9. The molecular formula is C38H44N4O4S. The molecule has 1 N–H and O–H groups in total. The molecule has 0 aliphatic carbocycles. The molecule has 0 fully saturated rings. The summed E-state index contributed by atoms with van der Waals surface area (Å²) in [5, 5.41) is 2.93. The summed E-state index contributed by atoms with van der Waals surface area (Å²) in [6.45, 7) is 7.75. The van der Waals surface area contributed by atoms with Crippen LogP contribution in [-0.2, 0) is 27.4 Å². The minimum Gasteiger partial charge on any atom is -0.454 e. The number of thioether (sulfide) groups is 1. The van der Waals surface area contributed by atoms with Crippen LogP contribution in [0.1, 0.15) is 47.3 Å². The van der Waals surface area contributed by atoms with Crippen molar-refractivity contribution in [3.63, 3.8) is 0 Å². The number of hydrogen-bond acceptors (Lipinski definition) is 7. The minimum absolute atomic E-state index is 0.261. The van der Waals surface area contributed by atoms with Gasteiger partial charge in [0.1, 0.15) is 6.04 Å². The van der Waals surface area contributed by atoms with Gasteiger partial charge < -0.3 is 19.9 Å². The highest BCUT2D eigenvalue weighted by atomic mass is 32.2. The summed E-state index contributed by atoms with van der Waals surface area (Å²) in [7, 11) is 0. The Morgan fingerprint density at radius 1 is 0.872 bits per heavy atom. The van der Waals surface area contributed by atoms with Crippen LogP contribution in [0.4, 0.5) is 5.69 Å². The van der Waals surface area contributed by atoms with Crippen LogP contribution < -0.4 is 10.2 Å². The molecule has 0 spiro atoms. The number of anilines is 1. The standard InChI is InChI=1S/C38H44N4O4S/c1-5-41(6-2)36(43)27-46-38(45)35(20-22-47-4)40-37(44)33-19-18-30(23-34(33)32-17-11-10-13-28(32)3)26-42(31-16-12-21-39-24-31)25-29-14-8-7-9-15-29/h7-19,21,23-24,35H,5-6,20,22,25-27H2,1-4H3,(H,40,44)/t35-/m0/s1. The predicted octanol–water partition coefficient (Wildman–Crippen LogP) is 6.53. The molecule has 2 amide bonds. The molecule has 0 saturated carbocycles. The summed E-state index contributed by atoms with van der Waals surface area (Å²) in [5.41, 5.74) is 6.38. The Morgan fingerprint density at radius 3 is 2.28 bits per heavy atom. The Morgan fingerprint density at radius 2 is 1.60 bits per heavy atom. The van der Waals surface area contributed by atoms with Crippen molar-refractivity contribution in [1.29, 1.82) is 0 Å². The number of aromatic nitrogens is 1. The van der Waals surface area contributed by atoms with E-state index in [0.29, 0.717) is 43.9 Å². The molecule has 9 heteroatoms. The molecule has 8 nitrogen and oxygen atoms in total. The number of carbonyl (C=O) groups is 3. The molecule has 1 aromatic heterocycles. The Hall–Kier alpha value is -4.63. The lowest BCUT2D eigenvalue weighted by Gasteiger charge is -2.26. The Bertz CT molecular complexity index is 1610. The highest BCUT2D eigenvalue weighted by Gasteiger charge is 2.26. The van der Waals surface area contributed by atoms with E-state index < -0.39 is 12.0 Å². The third kappa shape index (κ3) is 9.93. The van der Waals surface area contributed by atoms with E-state index in [2.05, 4.69) is 33.4 Å². The van der Waals surface area contributed by atoms with Crippen molar-refractivity contribution < 1.29 is 19.1 Å². The number of likely N-dealkylation sites (N-methyl/N-ethyl adjacent to an activating group) is 1. The molecular weight excluding hydrogens is 609 g/mol. The number of benzene rings is 3. The summed E-state index contributed by atoms with van der Waals surface area (Å²) in [6.07, 6.45) is 5.94. The van der Waals surface area contributed by atoms with Crippen LogP contribution in [0, 0.1) is 6.92 Å². The zero-order chi connectivity index (χ0) is 33.6. The molecule has 47 heavy (non-hydrogen) atoms. The summed E-state index contributed by atoms with van der Waals surface area (Å²) < 4.78 is 5.41. The van der Waals surface area contributed by atoms with Crippen molar-refractivity contribution in [2.75, 3.05) is 36.6 Å². The highest BCUT2D eigenvalue weighted by Crippen LogP contribution is 2.30. The van der Waals surface area contributed by atoms with Crippen LogP contribution in [0.15, 0.2) is 97.3 Å². The van der Waals surface area contributed by atoms with E-state index in [-0.39, 0.29) is 18.4 Å². The van der Waals surface area contributed by atoms with E-state index in [1.165, 1.54) is 5.56 Å².